The second-order valence-corrected chi connectivity index (χ2v) is 9.12. The number of aromatic nitrogens is 1. The number of carbonyl (C=O) groups excluding carboxylic acids is 3. The standard InChI is InChI=1S/C27H26N2O8S/c1-6-37-26(33)24-14(2)28-27(38-24)29-21(16-9-12-18(35-4)19(13-16)36-5)20(23(31)25(29)32)22(30)15-7-10-17(34-3)11-8-15/h7-13,21,30H,6H2,1-5H3/b22-20+. The van der Waals surface area contributed by atoms with E-state index in [1.807, 2.05) is 0 Å². The van der Waals surface area contributed by atoms with Crippen molar-refractivity contribution in [2.75, 3.05) is 32.8 Å². The molecule has 0 bridgehead atoms. The third-order valence-corrected chi connectivity index (χ3v) is 7.12. The first-order valence-electron chi connectivity index (χ1n) is 11.6. The van der Waals surface area contributed by atoms with Crippen LogP contribution in [0.1, 0.15) is 39.5 Å². The average Bonchev–Trinajstić information content (AvgIpc) is 3.44. The molecule has 2 heterocycles. The van der Waals surface area contributed by atoms with Crippen LogP contribution >= 0.6 is 11.3 Å². The van der Waals surface area contributed by atoms with Crippen LogP contribution in [0.4, 0.5) is 5.13 Å². The molecule has 10 nitrogen and oxygen atoms in total. The van der Waals surface area contributed by atoms with Gasteiger partial charge in [-0.15, -0.1) is 0 Å². The van der Waals surface area contributed by atoms with Crippen LogP contribution in [0, 0.1) is 6.92 Å². The molecule has 0 aliphatic carbocycles. The maximum Gasteiger partial charge on any atom is 0.350 e. The number of amides is 1. The summed E-state index contributed by atoms with van der Waals surface area (Å²) in [6, 6.07) is 10.3. The lowest BCUT2D eigenvalue weighted by atomic mass is 9.95. The van der Waals surface area contributed by atoms with Gasteiger partial charge in [-0.3, -0.25) is 14.5 Å². The van der Waals surface area contributed by atoms with Crippen molar-refractivity contribution in [1.29, 1.82) is 0 Å². The van der Waals surface area contributed by atoms with Gasteiger partial charge in [-0.25, -0.2) is 9.78 Å². The Morgan fingerprint density at radius 2 is 1.71 bits per heavy atom. The van der Waals surface area contributed by atoms with Crippen molar-refractivity contribution >= 4 is 39.9 Å². The van der Waals surface area contributed by atoms with Gasteiger partial charge in [0.15, 0.2) is 16.6 Å². The van der Waals surface area contributed by atoms with Gasteiger partial charge >= 0.3 is 11.9 Å². The van der Waals surface area contributed by atoms with E-state index in [0.29, 0.717) is 34.1 Å². The highest BCUT2D eigenvalue weighted by atomic mass is 32.1. The zero-order valence-corrected chi connectivity index (χ0v) is 22.3. The van der Waals surface area contributed by atoms with E-state index in [1.165, 1.54) is 26.2 Å². The molecule has 1 aliphatic heterocycles. The summed E-state index contributed by atoms with van der Waals surface area (Å²) in [5.74, 6) is -1.38. The van der Waals surface area contributed by atoms with Crippen LogP contribution in [0.25, 0.3) is 5.76 Å². The molecule has 1 fully saturated rings. The predicted molar refractivity (Wildman–Crippen MR) is 140 cm³/mol. The van der Waals surface area contributed by atoms with E-state index in [0.717, 1.165) is 11.3 Å². The van der Waals surface area contributed by atoms with Gasteiger partial charge in [-0.05, 0) is 55.8 Å². The molecule has 3 aromatic rings. The number of methoxy groups -OCH3 is 3. The van der Waals surface area contributed by atoms with E-state index in [1.54, 1.807) is 56.3 Å². The maximum absolute atomic E-state index is 13.4. The van der Waals surface area contributed by atoms with Crippen LogP contribution < -0.4 is 19.1 Å². The SMILES string of the molecule is CCOC(=O)c1sc(N2C(=O)C(=O)/C(=C(/O)c3ccc(OC)cc3)C2c2ccc(OC)c(OC)c2)nc1C. The lowest BCUT2D eigenvalue weighted by Crippen LogP contribution is -2.29. The van der Waals surface area contributed by atoms with Crippen molar-refractivity contribution in [3.05, 3.63) is 69.7 Å². The highest BCUT2D eigenvalue weighted by Gasteiger charge is 2.48. The molecule has 38 heavy (non-hydrogen) atoms. The van der Waals surface area contributed by atoms with Crippen LogP contribution in [0.2, 0.25) is 0 Å². The predicted octanol–water partition coefficient (Wildman–Crippen LogP) is 4.28. The van der Waals surface area contributed by atoms with E-state index >= 15 is 0 Å². The first kappa shape index (κ1) is 26.7. The Kier molecular flexibility index (Phi) is 7.67. The number of Topliss-reactive ketones (excluding diaryl/α,β-unsaturated/α-hetero) is 1. The van der Waals surface area contributed by atoms with E-state index in [2.05, 4.69) is 4.98 Å². The Bertz CT molecular complexity index is 1430. The first-order valence-corrected chi connectivity index (χ1v) is 12.4. The molecule has 1 saturated heterocycles. The number of benzene rings is 2. The minimum atomic E-state index is -1.07. The smallest absolute Gasteiger partial charge is 0.350 e. The molecule has 11 heteroatoms. The molecule has 0 spiro atoms. The summed E-state index contributed by atoms with van der Waals surface area (Å²) in [7, 11) is 4.46. The van der Waals surface area contributed by atoms with Crippen LogP contribution in [-0.4, -0.2) is 55.7 Å². The van der Waals surface area contributed by atoms with Crippen molar-refractivity contribution in [1.82, 2.24) is 4.98 Å². The van der Waals surface area contributed by atoms with E-state index in [9.17, 15) is 19.5 Å². The number of aryl methyl sites for hydroxylation is 1. The lowest BCUT2D eigenvalue weighted by molar-refractivity contribution is -0.132. The van der Waals surface area contributed by atoms with Crippen molar-refractivity contribution < 1.29 is 38.4 Å². The molecular formula is C27H26N2O8S. The van der Waals surface area contributed by atoms with Crippen molar-refractivity contribution in [3.63, 3.8) is 0 Å². The van der Waals surface area contributed by atoms with Gasteiger partial charge in [-0.1, -0.05) is 17.4 Å². The minimum absolute atomic E-state index is 0.112. The fraction of sp³-hybridized carbons (Fsp3) is 0.259. The molecule has 4 rings (SSSR count). The molecule has 198 valence electrons. The molecule has 0 radical (unpaired) electrons. The molecule has 1 atom stereocenters. The van der Waals surface area contributed by atoms with Gasteiger partial charge in [0.05, 0.1) is 45.2 Å². The summed E-state index contributed by atoms with van der Waals surface area (Å²) in [5, 5.41) is 11.4. The van der Waals surface area contributed by atoms with E-state index in [4.69, 9.17) is 18.9 Å². The number of anilines is 1. The van der Waals surface area contributed by atoms with Crippen LogP contribution in [-0.2, 0) is 14.3 Å². The van der Waals surface area contributed by atoms with Gasteiger partial charge < -0.3 is 24.1 Å². The Hall–Kier alpha value is -4.38. The minimum Gasteiger partial charge on any atom is -0.507 e. The highest BCUT2D eigenvalue weighted by Crippen LogP contribution is 2.45. The fourth-order valence-electron chi connectivity index (χ4n) is 4.14. The zero-order valence-electron chi connectivity index (χ0n) is 21.4. The topological polar surface area (TPSA) is 124 Å². The Morgan fingerprint density at radius 1 is 1.03 bits per heavy atom. The van der Waals surface area contributed by atoms with Crippen molar-refractivity contribution in [3.8, 4) is 17.2 Å². The van der Waals surface area contributed by atoms with Crippen molar-refractivity contribution in [2.45, 2.75) is 19.9 Å². The van der Waals surface area contributed by atoms with Crippen LogP contribution in [0.3, 0.4) is 0 Å². The number of ether oxygens (including phenoxy) is 4. The van der Waals surface area contributed by atoms with Gasteiger partial charge in [0.25, 0.3) is 5.78 Å². The van der Waals surface area contributed by atoms with Crippen LogP contribution in [0.15, 0.2) is 48.0 Å². The van der Waals surface area contributed by atoms with Crippen LogP contribution in [0.5, 0.6) is 17.2 Å². The number of aliphatic hydroxyl groups excluding tert-OH is 1. The zero-order chi connectivity index (χ0) is 27.6. The monoisotopic (exact) mass is 538 g/mol. The van der Waals surface area contributed by atoms with E-state index in [-0.39, 0.29) is 27.9 Å². The normalized spacial score (nSPS) is 16.4. The summed E-state index contributed by atoms with van der Waals surface area (Å²) < 4.78 is 21.1. The summed E-state index contributed by atoms with van der Waals surface area (Å²) in [4.78, 5) is 45.1. The number of ketones is 1. The van der Waals surface area contributed by atoms with Gasteiger partial charge in [0.2, 0.25) is 0 Å². The summed E-state index contributed by atoms with van der Waals surface area (Å²) >= 11 is 0.932. The maximum atomic E-state index is 13.4. The Labute approximate surface area is 223 Å². The fourth-order valence-corrected chi connectivity index (χ4v) is 5.13. The summed E-state index contributed by atoms with van der Waals surface area (Å²) in [6.45, 7) is 3.47. The molecular weight excluding hydrogens is 512 g/mol. The molecule has 1 unspecified atom stereocenters. The number of esters is 1. The number of nitrogens with zero attached hydrogens (tertiary/aromatic N) is 2. The summed E-state index contributed by atoms with van der Waals surface area (Å²) in [6.07, 6.45) is 0. The number of hydrogen-bond donors (Lipinski definition) is 1. The highest BCUT2D eigenvalue weighted by molar-refractivity contribution is 7.17. The Balaban J connectivity index is 1.93. The molecule has 1 N–H and O–H groups in total. The second kappa shape index (κ2) is 10.9. The second-order valence-electron chi connectivity index (χ2n) is 8.14. The quantitative estimate of drug-likeness (QED) is 0.194. The third kappa shape index (κ3) is 4.68. The molecule has 2 aromatic carbocycles. The number of rotatable bonds is 8. The van der Waals surface area contributed by atoms with Crippen molar-refractivity contribution in [2.24, 2.45) is 0 Å². The first-order chi connectivity index (χ1) is 18.2. The largest absolute Gasteiger partial charge is 0.507 e. The molecule has 1 amide bonds. The number of carbonyl (C=O) groups is 3. The van der Waals surface area contributed by atoms with Gasteiger partial charge in [0, 0.05) is 5.56 Å². The summed E-state index contributed by atoms with van der Waals surface area (Å²) in [5.41, 5.74) is 0.990. The van der Waals surface area contributed by atoms with Gasteiger partial charge in [0.1, 0.15) is 16.4 Å². The Morgan fingerprint density at radius 3 is 2.32 bits per heavy atom. The molecule has 1 aliphatic rings. The molecule has 1 aromatic heterocycles. The number of hydrogen-bond acceptors (Lipinski definition) is 10. The third-order valence-electron chi connectivity index (χ3n) is 5.98. The number of aliphatic hydroxyl groups is 1. The average molecular weight is 539 g/mol. The molecule has 0 saturated carbocycles. The lowest BCUT2D eigenvalue weighted by Gasteiger charge is -2.23. The number of thiazole rings is 1. The van der Waals surface area contributed by atoms with Gasteiger partial charge in [-0.2, -0.15) is 0 Å². The van der Waals surface area contributed by atoms with E-state index < -0.39 is 23.7 Å².